The molecule has 0 aliphatic heterocycles. The van der Waals surface area contributed by atoms with Crippen molar-refractivity contribution < 1.29 is 19.4 Å². The molecule has 0 aliphatic carbocycles. The number of carbonyl (C=O) groups excluding carboxylic acids is 2. The molecule has 8 heteroatoms. The molecule has 1 rings (SSSR count). The molecule has 0 saturated heterocycles. The van der Waals surface area contributed by atoms with Gasteiger partial charge in [-0.2, -0.15) is 0 Å². The summed E-state index contributed by atoms with van der Waals surface area (Å²) in [6.07, 6.45) is 4.41. The van der Waals surface area contributed by atoms with Crippen molar-refractivity contribution in [3.8, 4) is 5.75 Å². The van der Waals surface area contributed by atoms with Crippen molar-refractivity contribution in [1.29, 1.82) is 0 Å². The van der Waals surface area contributed by atoms with Gasteiger partial charge in [0.25, 0.3) is 5.91 Å². The maximum atomic E-state index is 13.3. The van der Waals surface area contributed by atoms with Gasteiger partial charge in [0.2, 0.25) is 5.91 Å². The normalized spacial score (nSPS) is 15.8. The van der Waals surface area contributed by atoms with E-state index in [1.165, 1.54) is 0 Å². The summed E-state index contributed by atoms with van der Waals surface area (Å²) >= 11 is 0. The first kappa shape index (κ1) is 33.9. The number of rotatable bonds is 19. The van der Waals surface area contributed by atoms with E-state index in [-0.39, 0.29) is 11.8 Å². The topological polar surface area (TPSA) is 131 Å². The van der Waals surface area contributed by atoms with E-state index in [2.05, 4.69) is 31.0 Å². The Morgan fingerprint density at radius 1 is 1.05 bits per heavy atom. The Labute approximate surface area is 230 Å². The standard InChI is InChI=1S/C30H54N4O4/c1-8-9-13-22(20(2)3)18-26(35)25(31)19-24(21(4)5)28(29(32)36)33-30(37)23-14-10-11-15-27(23)38-17-12-16-34(6)7/h10-11,14-15,20-22,24-26,28,35H,8-9,12-13,16-19,31H2,1-7H3,(H2,32,36)(H,33,37)/t22-,24-,25-,26-,28?/m0/s1. The van der Waals surface area contributed by atoms with Gasteiger partial charge in [-0.25, -0.2) is 0 Å². The molecule has 0 aromatic heterocycles. The Kier molecular flexibility index (Phi) is 15.5. The van der Waals surface area contributed by atoms with Gasteiger partial charge in [-0.1, -0.05) is 66.0 Å². The lowest BCUT2D eigenvalue weighted by atomic mass is 9.79. The van der Waals surface area contributed by atoms with E-state index in [0.29, 0.717) is 42.6 Å². The highest BCUT2D eigenvalue weighted by molar-refractivity contribution is 5.99. The first-order valence-corrected chi connectivity index (χ1v) is 14.3. The predicted octanol–water partition coefficient (Wildman–Crippen LogP) is 3.80. The highest BCUT2D eigenvalue weighted by Gasteiger charge is 2.34. The van der Waals surface area contributed by atoms with Crippen LogP contribution in [0.1, 0.15) is 83.5 Å². The summed E-state index contributed by atoms with van der Waals surface area (Å²) in [4.78, 5) is 27.9. The number of aliphatic hydroxyl groups excluding tert-OH is 1. The lowest BCUT2D eigenvalue weighted by Gasteiger charge is -2.33. The number of unbranched alkanes of at least 4 members (excludes halogenated alkanes) is 1. The summed E-state index contributed by atoms with van der Waals surface area (Å²) in [6, 6.07) is 5.54. The van der Waals surface area contributed by atoms with Crippen LogP contribution in [-0.2, 0) is 4.79 Å². The van der Waals surface area contributed by atoms with E-state index in [1.807, 2.05) is 34.0 Å². The van der Waals surface area contributed by atoms with Crippen LogP contribution >= 0.6 is 0 Å². The zero-order valence-corrected chi connectivity index (χ0v) is 24.8. The molecule has 0 spiro atoms. The van der Waals surface area contributed by atoms with Crippen LogP contribution in [0.2, 0.25) is 0 Å². The second kappa shape index (κ2) is 17.4. The molecular formula is C30H54N4O4. The number of para-hydroxylation sites is 1. The van der Waals surface area contributed by atoms with Crippen LogP contribution < -0.4 is 21.5 Å². The minimum atomic E-state index is -0.927. The average molecular weight is 535 g/mol. The largest absolute Gasteiger partial charge is 0.493 e. The van der Waals surface area contributed by atoms with Crippen LogP contribution in [0, 0.1) is 23.7 Å². The van der Waals surface area contributed by atoms with E-state index in [0.717, 1.165) is 32.2 Å². The van der Waals surface area contributed by atoms with E-state index < -0.39 is 30.0 Å². The molecule has 6 N–H and O–H groups in total. The predicted molar refractivity (Wildman–Crippen MR) is 155 cm³/mol. The van der Waals surface area contributed by atoms with E-state index in [4.69, 9.17) is 16.2 Å². The first-order valence-electron chi connectivity index (χ1n) is 14.3. The van der Waals surface area contributed by atoms with Crippen molar-refractivity contribution in [1.82, 2.24) is 10.2 Å². The fourth-order valence-electron chi connectivity index (χ4n) is 4.89. The Hall–Kier alpha value is -2.16. The Balaban J connectivity index is 2.98. The van der Waals surface area contributed by atoms with E-state index in [1.54, 1.807) is 18.2 Å². The third-order valence-electron chi connectivity index (χ3n) is 7.47. The molecule has 0 fully saturated rings. The average Bonchev–Trinajstić information content (AvgIpc) is 2.85. The Morgan fingerprint density at radius 3 is 2.26 bits per heavy atom. The number of ether oxygens (including phenoxy) is 1. The molecule has 0 aliphatic rings. The van der Waals surface area contributed by atoms with Crippen molar-refractivity contribution in [2.75, 3.05) is 27.2 Å². The molecule has 38 heavy (non-hydrogen) atoms. The van der Waals surface area contributed by atoms with E-state index >= 15 is 0 Å². The lowest BCUT2D eigenvalue weighted by molar-refractivity contribution is -0.121. The summed E-state index contributed by atoms with van der Waals surface area (Å²) in [7, 11) is 3.99. The molecule has 1 unspecified atom stereocenters. The molecule has 8 nitrogen and oxygen atoms in total. The maximum Gasteiger partial charge on any atom is 0.255 e. The summed E-state index contributed by atoms with van der Waals surface area (Å²) in [5.41, 5.74) is 12.6. The minimum absolute atomic E-state index is 0.00423. The van der Waals surface area contributed by atoms with Crippen LogP contribution in [0.5, 0.6) is 5.75 Å². The zero-order chi connectivity index (χ0) is 28.8. The first-order chi connectivity index (χ1) is 17.9. The number of hydrogen-bond acceptors (Lipinski definition) is 6. The summed E-state index contributed by atoms with van der Waals surface area (Å²) in [5, 5.41) is 13.8. The number of hydrogen-bond donors (Lipinski definition) is 4. The molecule has 0 bridgehead atoms. The molecular weight excluding hydrogens is 480 g/mol. The van der Waals surface area contributed by atoms with Crippen LogP contribution in [-0.4, -0.2) is 67.3 Å². The van der Waals surface area contributed by atoms with Gasteiger partial charge < -0.3 is 31.5 Å². The molecule has 218 valence electrons. The number of benzene rings is 1. The Morgan fingerprint density at radius 2 is 1.71 bits per heavy atom. The highest BCUT2D eigenvalue weighted by Crippen LogP contribution is 2.28. The quantitative estimate of drug-likeness (QED) is 0.200. The maximum absolute atomic E-state index is 13.3. The molecule has 0 heterocycles. The number of primary amides is 1. The third-order valence-corrected chi connectivity index (χ3v) is 7.47. The Bertz CT molecular complexity index is 830. The van der Waals surface area contributed by atoms with Gasteiger partial charge in [0.15, 0.2) is 0 Å². The monoisotopic (exact) mass is 534 g/mol. The van der Waals surface area contributed by atoms with Crippen molar-refractivity contribution in [2.24, 2.45) is 35.1 Å². The highest BCUT2D eigenvalue weighted by atomic mass is 16.5. The van der Waals surface area contributed by atoms with Gasteiger partial charge in [-0.05, 0) is 69.2 Å². The van der Waals surface area contributed by atoms with Crippen LogP contribution in [0.3, 0.4) is 0 Å². The van der Waals surface area contributed by atoms with Gasteiger partial charge in [0, 0.05) is 12.6 Å². The van der Waals surface area contributed by atoms with Gasteiger partial charge in [-0.15, -0.1) is 0 Å². The second-order valence-electron chi connectivity index (χ2n) is 11.6. The summed E-state index contributed by atoms with van der Waals surface area (Å²) in [6.45, 7) is 11.8. The molecule has 1 aromatic rings. The number of carbonyl (C=O) groups is 2. The van der Waals surface area contributed by atoms with Gasteiger partial charge in [0.05, 0.1) is 18.3 Å². The minimum Gasteiger partial charge on any atom is -0.493 e. The fourth-order valence-corrected chi connectivity index (χ4v) is 4.89. The fraction of sp³-hybridized carbons (Fsp3) is 0.733. The number of nitrogens with one attached hydrogen (secondary N) is 1. The smallest absolute Gasteiger partial charge is 0.255 e. The third kappa shape index (κ3) is 11.7. The molecule has 1 aromatic carbocycles. The van der Waals surface area contributed by atoms with Crippen LogP contribution in [0.15, 0.2) is 24.3 Å². The van der Waals surface area contributed by atoms with Gasteiger partial charge in [-0.3, -0.25) is 9.59 Å². The zero-order valence-electron chi connectivity index (χ0n) is 24.8. The number of nitrogens with zero attached hydrogens (tertiary/aromatic N) is 1. The van der Waals surface area contributed by atoms with Crippen molar-refractivity contribution in [3.63, 3.8) is 0 Å². The number of amides is 2. The van der Waals surface area contributed by atoms with Crippen molar-refractivity contribution in [2.45, 2.75) is 91.3 Å². The van der Waals surface area contributed by atoms with Gasteiger partial charge >= 0.3 is 0 Å². The summed E-state index contributed by atoms with van der Waals surface area (Å²) < 4.78 is 5.88. The molecule has 2 amide bonds. The number of aliphatic hydroxyl groups is 1. The number of nitrogens with two attached hydrogens (primary N) is 2. The molecule has 0 radical (unpaired) electrons. The molecule has 0 saturated carbocycles. The van der Waals surface area contributed by atoms with Gasteiger partial charge in [0.1, 0.15) is 11.8 Å². The molecule has 5 atom stereocenters. The van der Waals surface area contributed by atoms with Crippen molar-refractivity contribution >= 4 is 11.8 Å². The van der Waals surface area contributed by atoms with Crippen LogP contribution in [0.4, 0.5) is 0 Å². The van der Waals surface area contributed by atoms with Crippen molar-refractivity contribution in [3.05, 3.63) is 29.8 Å². The van der Waals surface area contributed by atoms with E-state index in [9.17, 15) is 14.7 Å². The summed E-state index contributed by atoms with van der Waals surface area (Å²) in [5.74, 6) is -0.0668. The second-order valence-corrected chi connectivity index (χ2v) is 11.6. The lowest BCUT2D eigenvalue weighted by Crippen LogP contribution is -2.53. The van der Waals surface area contributed by atoms with Crippen LogP contribution in [0.25, 0.3) is 0 Å². The SMILES string of the molecule is CCCC[C@@H](C[C@H](O)[C@@H](N)C[C@@H](C(C)C)C(NC(=O)c1ccccc1OCCCN(C)C)C(N)=O)C(C)C.